The van der Waals surface area contributed by atoms with Crippen LogP contribution in [0.4, 0.5) is 10.6 Å². The average Bonchev–Trinajstić information content (AvgIpc) is 2.92. The standard InChI is InChI=1S/C22H28ClN5O3/c1-6-17-13-28(12-16-11-25-27(5)19(16)26-17)20(29)14-7-8-15(18(23)9-14)10-24-21(30)31-22(2,3)4/h6-9,11,26H,10,12-13H2,1-5H3,(H,24,30)/b17-6+. The molecule has 1 aliphatic heterocycles. The van der Waals surface area contributed by atoms with Gasteiger partial charge in [0.1, 0.15) is 11.4 Å². The first-order valence-corrected chi connectivity index (χ1v) is 10.4. The number of alkyl carbamates (subject to hydrolysis) is 1. The van der Waals surface area contributed by atoms with E-state index < -0.39 is 11.7 Å². The van der Waals surface area contributed by atoms with Gasteiger partial charge in [-0.25, -0.2) is 4.79 Å². The minimum atomic E-state index is -0.577. The van der Waals surface area contributed by atoms with Crippen molar-refractivity contribution in [2.45, 2.75) is 46.4 Å². The molecule has 0 atom stereocenters. The fourth-order valence-corrected chi connectivity index (χ4v) is 3.46. The van der Waals surface area contributed by atoms with Crippen molar-refractivity contribution in [2.24, 2.45) is 7.05 Å². The van der Waals surface area contributed by atoms with Crippen molar-refractivity contribution in [3.8, 4) is 0 Å². The van der Waals surface area contributed by atoms with Crippen LogP contribution < -0.4 is 10.6 Å². The van der Waals surface area contributed by atoms with Gasteiger partial charge in [0, 0.05) is 35.4 Å². The average molecular weight is 446 g/mol. The van der Waals surface area contributed by atoms with Crippen LogP contribution in [0.2, 0.25) is 5.02 Å². The first kappa shape index (κ1) is 22.7. The van der Waals surface area contributed by atoms with Gasteiger partial charge >= 0.3 is 6.09 Å². The number of aryl methyl sites for hydroxylation is 1. The van der Waals surface area contributed by atoms with Crippen molar-refractivity contribution in [2.75, 3.05) is 11.9 Å². The number of rotatable bonds is 3. The zero-order valence-corrected chi connectivity index (χ0v) is 19.2. The number of aromatic nitrogens is 2. The zero-order valence-electron chi connectivity index (χ0n) is 18.5. The number of carbonyl (C=O) groups is 2. The Morgan fingerprint density at radius 2 is 2.06 bits per heavy atom. The zero-order chi connectivity index (χ0) is 22.8. The molecule has 0 spiro atoms. The number of ether oxygens (including phenoxy) is 1. The van der Waals surface area contributed by atoms with E-state index in [9.17, 15) is 9.59 Å². The van der Waals surface area contributed by atoms with Gasteiger partial charge < -0.3 is 20.3 Å². The summed E-state index contributed by atoms with van der Waals surface area (Å²) < 4.78 is 6.99. The van der Waals surface area contributed by atoms with Crippen molar-refractivity contribution in [1.82, 2.24) is 20.0 Å². The Kier molecular flexibility index (Phi) is 6.59. The molecule has 1 aliphatic rings. The number of hydrogen-bond acceptors (Lipinski definition) is 5. The smallest absolute Gasteiger partial charge is 0.407 e. The molecule has 0 saturated heterocycles. The monoisotopic (exact) mass is 445 g/mol. The lowest BCUT2D eigenvalue weighted by Gasteiger charge is -2.22. The predicted octanol–water partition coefficient (Wildman–Crippen LogP) is 4.07. The molecular formula is C22H28ClN5O3. The molecule has 166 valence electrons. The van der Waals surface area contributed by atoms with Gasteiger partial charge in [0.15, 0.2) is 0 Å². The van der Waals surface area contributed by atoms with Crippen LogP contribution >= 0.6 is 11.6 Å². The van der Waals surface area contributed by atoms with E-state index in [0.717, 1.165) is 17.1 Å². The van der Waals surface area contributed by atoms with Crippen molar-refractivity contribution < 1.29 is 14.3 Å². The topological polar surface area (TPSA) is 88.5 Å². The molecule has 8 nitrogen and oxygen atoms in total. The summed E-state index contributed by atoms with van der Waals surface area (Å²) in [6.45, 7) is 8.41. The fourth-order valence-electron chi connectivity index (χ4n) is 3.21. The van der Waals surface area contributed by atoms with Crippen LogP contribution in [0.25, 0.3) is 0 Å². The van der Waals surface area contributed by atoms with Crippen LogP contribution in [0.5, 0.6) is 0 Å². The highest BCUT2D eigenvalue weighted by Gasteiger charge is 2.25. The largest absolute Gasteiger partial charge is 0.444 e. The number of amides is 2. The molecule has 3 rings (SSSR count). The second-order valence-corrected chi connectivity index (χ2v) is 8.81. The molecule has 0 bridgehead atoms. The van der Waals surface area contributed by atoms with Gasteiger partial charge in [-0.15, -0.1) is 0 Å². The number of nitrogens with one attached hydrogen (secondary N) is 2. The summed E-state index contributed by atoms with van der Waals surface area (Å²) >= 11 is 6.40. The Hall–Kier alpha value is -3.00. The number of fused-ring (bicyclic) bond motifs is 1. The summed E-state index contributed by atoms with van der Waals surface area (Å²) in [7, 11) is 1.86. The Morgan fingerprint density at radius 3 is 2.71 bits per heavy atom. The van der Waals surface area contributed by atoms with Crippen molar-refractivity contribution >= 4 is 29.4 Å². The third-order valence-electron chi connectivity index (χ3n) is 4.77. The van der Waals surface area contributed by atoms with E-state index in [2.05, 4.69) is 15.7 Å². The maximum atomic E-state index is 13.2. The van der Waals surface area contributed by atoms with Crippen molar-refractivity contribution in [1.29, 1.82) is 0 Å². The van der Waals surface area contributed by atoms with E-state index in [0.29, 0.717) is 29.2 Å². The third kappa shape index (κ3) is 5.58. The Balaban J connectivity index is 1.73. The number of anilines is 1. The van der Waals surface area contributed by atoms with Crippen LogP contribution in [-0.4, -0.2) is 38.8 Å². The second kappa shape index (κ2) is 9.01. The Labute approximate surface area is 187 Å². The Bertz CT molecular complexity index is 1020. The minimum absolute atomic E-state index is 0.133. The molecule has 31 heavy (non-hydrogen) atoms. The molecule has 0 unspecified atom stereocenters. The molecule has 2 aromatic rings. The summed E-state index contributed by atoms with van der Waals surface area (Å²) in [4.78, 5) is 26.8. The molecule has 1 aromatic heterocycles. The second-order valence-electron chi connectivity index (χ2n) is 8.40. The number of hydrogen-bond donors (Lipinski definition) is 2. The highest BCUT2D eigenvalue weighted by molar-refractivity contribution is 6.31. The van der Waals surface area contributed by atoms with Crippen LogP contribution in [-0.2, 0) is 24.9 Å². The minimum Gasteiger partial charge on any atom is -0.444 e. The summed E-state index contributed by atoms with van der Waals surface area (Å²) in [5.74, 6) is 0.747. The maximum absolute atomic E-state index is 13.2. The molecule has 0 radical (unpaired) electrons. The lowest BCUT2D eigenvalue weighted by Crippen LogP contribution is -2.32. The molecule has 9 heteroatoms. The number of nitrogens with zero attached hydrogens (tertiary/aromatic N) is 3. The summed E-state index contributed by atoms with van der Waals surface area (Å²) in [5.41, 5.74) is 2.46. The van der Waals surface area contributed by atoms with E-state index in [-0.39, 0.29) is 12.5 Å². The van der Waals surface area contributed by atoms with Crippen LogP contribution in [0.3, 0.4) is 0 Å². The van der Waals surface area contributed by atoms with E-state index in [4.69, 9.17) is 16.3 Å². The summed E-state index contributed by atoms with van der Waals surface area (Å²) in [5, 5.41) is 10.7. The van der Waals surface area contributed by atoms with E-state index in [1.165, 1.54) is 0 Å². The van der Waals surface area contributed by atoms with E-state index in [1.54, 1.807) is 54.7 Å². The van der Waals surface area contributed by atoms with Crippen LogP contribution in [0.15, 0.2) is 36.2 Å². The molecule has 1 aromatic carbocycles. The van der Waals surface area contributed by atoms with Crippen molar-refractivity contribution in [3.05, 3.63) is 57.9 Å². The van der Waals surface area contributed by atoms with Crippen LogP contribution in [0, 0.1) is 0 Å². The molecule has 2 heterocycles. The molecule has 0 fully saturated rings. The first-order chi connectivity index (χ1) is 14.6. The molecule has 0 saturated carbocycles. The van der Waals surface area contributed by atoms with Gasteiger partial charge in [0.05, 0.1) is 19.3 Å². The fraction of sp³-hybridized carbons (Fsp3) is 0.409. The maximum Gasteiger partial charge on any atom is 0.407 e. The lowest BCUT2D eigenvalue weighted by molar-refractivity contribution is 0.0523. The highest BCUT2D eigenvalue weighted by Crippen LogP contribution is 2.25. The van der Waals surface area contributed by atoms with Gasteiger partial charge in [-0.2, -0.15) is 5.10 Å². The van der Waals surface area contributed by atoms with Crippen molar-refractivity contribution in [3.63, 3.8) is 0 Å². The quantitative estimate of drug-likeness (QED) is 0.743. The lowest BCUT2D eigenvalue weighted by atomic mass is 10.1. The predicted molar refractivity (Wildman–Crippen MR) is 120 cm³/mol. The number of carbonyl (C=O) groups excluding carboxylic acids is 2. The van der Waals surface area contributed by atoms with Gasteiger partial charge in [-0.05, 0) is 45.4 Å². The van der Waals surface area contributed by atoms with E-state index >= 15 is 0 Å². The SMILES string of the molecule is C/C=C1\CN(C(=O)c2ccc(CNC(=O)OC(C)(C)C)c(Cl)c2)Cc2cnn(C)c2N1. The van der Waals surface area contributed by atoms with Gasteiger partial charge in [0.25, 0.3) is 5.91 Å². The summed E-state index contributed by atoms with van der Waals surface area (Å²) in [6, 6.07) is 5.10. The summed E-state index contributed by atoms with van der Waals surface area (Å²) in [6.07, 6.45) is 3.19. The van der Waals surface area contributed by atoms with Gasteiger partial charge in [-0.3, -0.25) is 9.48 Å². The first-order valence-electron chi connectivity index (χ1n) is 10.0. The van der Waals surface area contributed by atoms with E-state index in [1.807, 2.05) is 20.0 Å². The highest BCUT2D eigenvalue weighted by atomic mass is 35.5. The number of halogens is 1. The molecule has 0 aliphatic carbocycles. The third-order valence-corrected chi connectivity index (χ3v) is 5.13. The Morgan fingerprint density at radius 1 is 1.32 bits per heavy atom. The molecule has 2 amide bonds. The van der Waals surface area contributed by atoms with Crippen LogP contribution in [0.1, 0.15) is 49.2 Å². The van der Waals surface area contributed by atoms with Gasteiger partial charge in [-0.1, -0.05) is 23.7 Å². The normalized spacial score (nSPS) is 15.2. The molecule has 2 N–H and O–H groups in total. The van der Waals surface area contributed by atoms with Gasteiger partial charge in [0.2, 0.25) is 0 Å². The number of benzene rings is 1. The molecular weight excluding hydrogens is 418 g/mol. The number of allylic oxidation sites excluding steroid dienone is 1.